The van der Waals surface area contributed by atoms with Crippen molar-refractivity contribution in [3.05, 3.63) is 28.5 Å². The Hall–Kier alpha value is -0.940. The van der Waals surface area contributed by atoms with Crippen LogP contribution >= 0.6 is 15.9 Å². The minimum Gasteiger partial charge on any atom is -0.330 e. The van der Waals surface area contributed by atoms with E-state index in [1.54, 1.807) is 12.1 Å². The molecule has 1 unspecified atom stereocenters. The van der Waals surface area contributed by atoms with Crippen LogP contribution in [0.25, 0.3) is 0 Å². The molecule has 5 heteroatoms. The highest BCUT2D eigenvalue weighted by Gasteiger charge is 2.09. The van der Waals surface area contributed by atoms with Crippen LogP contribution in [0.15, 0.2) is 22.7 Å². The molecule has 0 aliphatic heterocycles. The summed E-state index contributed by atoms with van der Waals surface area (Å²) in [6, 6.07) is 4.56. The number of hydrogen-bond donors (Lipinski definition) is 2. The quantitative estimate of drug-likeness (QED) is 0.846. The molecular formula is C13H18BrFN2O. The Morgan fingerprint density at radius 1 is 1.50 bits per heavy atom. The second-order valence-corrected chi connectivity index (χ2v) is 5.31. The van der Waals surface area contributed by atoms with Gasteiger partial charge in [-0.3, -0.25) is 4.79 Å². The van der Waals surface area contributed by atoms with E-state index in [0.717, 1.165) is 12.8 Å². The molecule has 0 heterocycles. The highest BCUT2D eigenvalue weighted by molar-refractivity contribution is 9.10. The number of carbonyl (C=O) groups excluding carboxylic acids is 1. The summed E-state index contributed by atoms with van der Waals surface area (Å²) in [6.45, 7) is 2.68. The smallest absolute Gasteiger partial charge is 0.224 e. The number of carbonyl (C=O) groups is 1. The summed E-state index contributed by atoms with van der Waals surface area (Å²) in [5, 5.41) is 2.57. The molecule has 1 aromatic carbocycles. The largest absolute Gasteiger partial charge is 0.330 e. The van der Waals surface area contributed by atoms with E-state index >= 15 is 0 Å². The fourth-order valence-corrected chi connectivity index (χ4v) is 1.94. The Bertz CT molecular complexity index is 412. The maximum Gasteiger partial charge on any atom is 0.224 e. The summed E-state index contributed by atoms with van der Waals surface area (Å²) in [7, 11) is 0. The summed E-state index contributed by atoms with van der Waals surface area (Å²) >= 11 is 3.17. The van der Waals surface area contributed by atoms with Gasteiger partial charge in [0.05, 0.1) is 5.69 Å². The van der Waals surface area contributed by atoms with E-state index in [1.165, 1.54) is 6.07 Å². The van der Waals surface area contributed by atoms with Gasteiger partial charge in [0.2, 0.25) is 5.91 Å². The monoisotopic (exact) mass is 316 g/mol. The Kier molecular flexibility index (Phi) is 6.29. The molecule has 1 amide bonds. The van der Waals surface area contributed by atoms with Crippen LogP contribution in [0.3, 0.4) is 0 Å². The second-order valence-electron chi connectivity index (χ2n) is 4.39. The predicted molar refractivity (Wildman–Crippen MR) is 74.8 cm³/mol. The molecule has 0 radical (unpaired) electrons. The van der Waals surface area contributed by atoms with E-state index in [-0.39, 0.29) is 11.6 Å². The van der Waals surface area contributed by atoms with E-state index in [1.807, 2.05) is 0 Å². The van der Waals surface area contributed by atoms with Gasteiger partial charge in [0.15, 0.2) is 0 Å². The molecule has 0 spiro atoms. The molecule has 3 nitrogen and oxygen atoms in total. The molecular weight excluding hydrogens is 299 g/mol. The van der Waals surface area contributed by atoms with Gasteiger partial charge < -0.3 is 11.1 Å². The van der Waals surface area contributed by atoms with Gasteiger partial charge in [0.25, 0.3) is 0 Å². The first-order valence-corrected chi connectivity index (χ1v) is 6.77. The Morgan fingerprint density at radius 3 is 2.83 bits per heavy atom. The standard InChI is InChI=1S/C13H18BrFN2O/c1-9(6-7-16)2-5-13(18)17-12-4-3-10(14)8-11(12)15/h3-4,8-9H,2,5-7,16H2,1H3,(H,17,18). The lowest BCUT2D eigenvalue weighted by Crippen LogP contribution is -2.14. The molecule has 18 heavy (non-hydrogen) atoms. The zero-order valence-electron chi connectivity index (χ0n) is 10.4. The van der Waals surface area contributed by atoms with Crippen molar-refractivity contribution in [1.29, 1.82) is 0 Å². The molecule has 3 N–H and O–H groups in total. The molecule has 0 saturated carbocycles. The van der Waals surface area contributed by atoms with Crippen molar-refractivity contribution in [3.63, 3.8) is 0 Å². The zero-order valence-corrected chi connectivity index (χ0v) is 12.0. The topological polar surface area (TPSA) is 55.1 Å². The third kappa shape index (κ3) is 5.14. The van der Waals surface area contributed by atoms with Gasteiger partial charge in [-0.1, -0.05) is 22.9 Å². The van der Waals surface area contributed by atoms with E-state index in [0.29, 0.717) is 23.4 Å². The minimum absolute atomic E-state index is 0.167. The highest BCUT2D eigenvalue weighted by Crippen LogP contribution is 2.20. The van der Waals surface area contributed by atoms with Gasteiger partial charge in [0.1, 0.15) is 5.82 Å². The first-order chi connectivity index (χ1) is 8.52. The van der Waals surface area contributed by atoms with Crippen molar-refractivity contribution in [1.82, 2.24) is 0 Å². The van der Waals surface area contributed by atoms with Crippen molar-refractivity contribution in [2.45, 2.75) is 26.2 Å². The number of hydrogen-bond acceptors (Lipinski definition) is 2. The molecule has 1 rings (SSSR count). The van der Waals surface area contributed by atoms with E-state index in [4.69, 9.17) is 5.73 Å². The molecule has 1 atom stereocenters. The first-order valence-electron chi connectivity index (χ1n) is 5.98. The van der Waals surface area contributed by atoms with E-state index < -0.39 is 5.82 Å². The van der Waals surface area contributed by atoms with Crippen molar-refractivity contribution < 1.29 is 9.18 Å². The first kappa shape index (κ1) is 15.1. The number of anilines is 1. The van der Waals surface area contributed by atoms with Crippen LogP contribution in [0.2, 0.25) is 0 Å². The Balaban J connectivity index is 2.44. The molecule has 0 fully saturated rings. The average molecular weight is 317 g/mol. The maximum absolute atomic E-state index is 13.5. The van der Waals surface area contributed by atoms with Crippen LogP contribution in [0.1, 0.15) is 26.2 Å². The highest BCUT2D eigenvalue weighted by atomic mass is 79.9. The second kappa shape index (κ2) is 7.48. The lowest BCUT2D eigenvalue weighted by atomic mass is 10.0. The van der Waals surface area contributed by atoms with Crippen LogP contribution in [0.4, 0.5) is 10.1 Å². The zero-order chi connectivity index (χ0) is 13.5. The molecule has 100 valence electrons. The van der Waals surface area contributed by atoms with Gasteiger partial charge >= 0.3 is 0 Å². The van der Waals surface area contributed by atoms with Crippen molar-refractivity contribution >= 4 is 27.5 Å². The fraction of sp³-hybridized carbons (Fsp3) is 0.462. The van der Waals surface area contributed by atoms with E-state index in [2.05, 4.69) is 28.2 Å². The van der Waals surface area contributed by atoms with Gasteiger partial charge in [-0.15, -0.1) is 0 Å². The lowest BCUT2D eigenvalue weighted by molar-refractivity contribution is -0.116. The summed E-state index contributed by atoms with van der Waals surface area (Å²) in [6.07, 6.45) is 2.05. The number of benzene rings is 1. The van der Waals surface area contributed by atoms with Crippen LogP contribution in [0.5, 0.6) is 0 Å². The van der Waals surface area contributed by atoms with Crippen LogP contribution in [-0.2, 0) is 4.79 Å². The van der Waals surface area contributed by atoms with Gasteiger partial charge in [-0.25, -0.2) is 4.39 Å². The van der Waals surface area contributed by atoms with Crippen LogP contribution < -0.4 is 11.1 Å². The van der Waals surface area contributed by atoms with Crippen LogP contribution in [0, 0.1) is 11.7 Å². The molecule has 1 aromatic rings. The van der Waals surface area contributed by atoms with E-state index in [9.17, 15) is 9.18 Å². The molecule has 0 bridgehead atoms. The molecule has 0 aromatic heterocycles. The lowest BCUT2D eigenvalue weighted by Gasteiger charge is -2.10. The Morgan fingerprint density at radius 2 is 2.22 bits per heavy atom. The van der Waals surface area contributed by atoms with Crippen molar-refractivity contribution in [2.75, 3.05) is 11.9 Å². The fourth-order valence-electron chi connectivity index (χ4n) is 1.61. The van der Waals surface area contributed by atoms with Gasteiger partial charge in [-0.05, 0) is 43.5 Å². The molecule has 0 aliphatic carbocycles. The summed E-state index contributed by atoms with van der Waals surface area (Å²) < 4.78 is 14.1. The summed E-state index contributed by atoms with van der Waals surface area (Å²) in [5.41, 5.74) is 5.66. The average Bonchev–Trinajstić information content (AvgIpc) is 2.31. The van der Waals surface area contributed by atoms with Crippen LogP contribution in [-0.4, -0.2) is 12.5 Å². The number of nitrogens with two attached hydrogens (primary N) is 1. The maximum atomic E-state index is 13.5. The summed E-state index contributed by atoms with van der Waals surface area (Å²) in [5.74, 6) is -0.191. The molecule has 0 aliphatic rings. The normalized spacial score (nSPS) is 12.2. The van der Waals surface area contributed by atoms with Gasteiger partial charge in [-0.2, -0.15) is 0 Å². The Labute approximate surface area is 115 Å². The third-order valence-electron chi connectivity index (χ3n) is 2.73. The predicted octanol–water partition coefficient (Wildman–Crippen LogP) is 3.29. The number of amides is 1. The van der Waals surface area contributed by atoms with Gasteiger partial charge in [0, 0.05) is 10.9 Å². The molecule has 0 saturated heterocycles. The summed E-state index contributed by atoms with van der Waals surface area (Å²) in [4.78, 5) is 11.6. The number of nitrogens with one attached hydrogen (secondary N) is 1. The minimum atomic E-state index is -0.437. The third-order valence-corrected chi connectivity index (χ3v) is 3.22. The SMILES string of the molecule is CC(CCN)CCC(=O)Nc1ccc(Br)cc1F. The number of rotatable bonds is 6. The van der Waals surface area contributed by atoms with Crippen molar-refractivity contribution in [2.24, 2.45) is 11.7 Å². The number of halogens is 2. The van der Waals surface area contributed by atoms with Crippen molar-refractivity contribution in [3.8, 4) is 0 Å².